The van der Waals surface area contributed by atoms with Gasteiger partial charge in [0.05, 0.1) is 6.61 Å². The summed E-state index contributed by atoms with van der Waals surface area (Å²) in [6, 6.07) is 0. The van der Waals surface area contributed by atoms with Crippen LogP contribution in [0.25, 0.3) is 0 Å². The van der Waals surface area contributed by atoms with Crippen molar-refractivity contribution in [2.45, 2.75) is 39.4 Å². The molecule has 0 bridgehead atoms. The number of ether oxygens (including phenoxy) is 1. The standard InChI is InChI=1S/C7H12O3S2.C2H6.ClH.Na.H2O/c1-4-10-6(11)12-7(2,3)5(8)9;1-2;;;/h4H2,1-3H3,(H,8,9);1-2H3;1H;;1H2/q;;;+1;/p-1. The van der Waals surface area contributed by atoms with Gasteiger partial charge in [-0.2, -0.15) is 0 Å². The van der Waals surface area contributed by atoms with Crippen LogP contribution in [0.2, 0.25) is 0 Å². The molecule has 0 aromatic heterocycles. The van der Waals surface area contributed by atoms with Gasteiger partial charge >= 0.3 is 35.5 Å². The van der Waals surface area contributed by atoms with Crippen molar-refractivity contribution in [2.75, 3.05) is 6.61 Å². The summed E-state index contributed by atoms with van der Waals surface area (Å²) in [6.45, 7) is 9.46. The van der Waals surface area contributed by atoms with Crippen molar-refractivity contribution >= 4 is 46.7 Å². The number of carboxylic acid groups (broad SMARTS) is 1. The topological polar surface area (TPSA) is 76.5 Å². The second kappa shape index (κ2) is 17.0. The molecule has 0 saturated carbocycles. The summed E-state index contributed by atoms with van der Waals surface area (Å²) in [6.07, 6.45) is 0. The third kappa shape index (κ3) is 17.0. The number of halogens is 1. The van der Waals surface area contributed by atoms with E-state index >= 15 is 0 Å². The van der Waals surface area contributed by atoms with Crippen molar-refractivity contribution in [3.05, 3.63) is 0 Å². The fraction of sp³-hybridized carbons (Fsp3) is 0.778. The number of aliphatic carboxylic acids is 1. The van der Waals surface area contributed by atoms with E-state index in [0.717, 1.165) is 11.8 Å². The van der Waals surface area contributed by atoms with E-state index in [1.54, 1.807) is 20.8 Å². The Morgan fingerprint density at radius 1 is 1.41 bits per heavy atom. The molecule has 0 rings (SSSR count). The Morgan fingerprint density at radius 3 is 2.00 bits per heavy atom. The van der Waals surface area contributed by atoms with Crippen LogP contribution in [0.4, 0.5) is 0 Å². The van der Waals surface area contributed by atoms with Crippen molar-refractivity contribution in [2.24, 2.45) is 0 Å². The summed E-state index contributed by atoms with van der Waals surface area (Å²) >= 11 is 5.84. The molecule has 100 valence electrons. The largest absolute Gasteiger partial charge is 1.00 e. The van der Waals surface area contributed by atoms with E-state index in [1.165, 1.54) is 0 Å². The molecular weight excluding hydrogens is 295 g/mol. The van der Waals surface area contributed by atoms with Gasteiger partial charge in [0.2, 0.25) is 4.38 Å². The summed E-state index contributed by atoms with van der Waals surface area (Å²) in [5.41, 5.74) is 0. The number of hydrogen-bond acceptors (Lipinski definition) is 5. The van der Waals surface area contributed by atoms with Crippen molar-refractivity contribution in [1.29, 1.82) is 0 Å². The van der Waals surface area contributed by atoms with Gasteiger partial charge in [-0.1, -0.05) is 25.6 Å². The van der Waals surface area contributed by atoms with Crippen LogP contribution in [-0.2, 0) is 9.53 Å². The van der Waals surface area contributed by atoms with E-state index in [0.29, 0.717) is 6.61 Å². The SMILES string of the molecule is CC.CCOC(=S)SC(C)(C)C(=O)O.Cl.[Na+].[OH-]. The second-order valence-electron chi connectivity index (χ2n) is 2.60. The minimum atomic E-state index is -0.910. The van der Waals surface area contributed by atoms with E-state index < -0.39 is 10.7 Å². The molecule has 0 unspecified atom stereocenters. The van der Waals surface area contributed by atoms with Crippen LogP contribution in [0.5, 0.6) is 0 Å². The maximum Gasteiger partial charge on any atom is 1.00 e. The van der Waals surface area contributed by atoms with Crippen molar-refractivity contribution < 1.29 is 49.7 Å². The van der Waals surface area contributed by atoms with Gasteiger partial charge in [-0.3, -0.25) is 4.79 Å². The Kier molecular flexibility index (Phi) is 30.7. The number of rotatable bonds is 3. The molecule has 0 spiro atoms. The van der Waals surface area contributed by atoms with Gasteiger partial charge in [-0.05, 0) is 33.0 Å². The molecule has 0 fully saturated rings. The summed E-state index contributed by atoms with van der Waals surface area (Å²) in [5, 5.41) is 8.72. The van der Waals surface area contributed by atoms with E-state index in [9.17, 15) is 4.79 Å². The van der Waals surface area contributed by atoms with Crippen LogP contribution in [0.15, 0.2) is 0 Å². The second-order valence-corrected chi connectivity index (χ2v) is 4.83. The first-order valence-corrected chi connectivity index (χ1v) is 5.71. The molecule has 0 atom stereocenters. The zero-order valence-electron chi connectivity index (χ0n) is 11.1. The number of thiocarbonyl (C=S) groups is 1. The van der Waals surface area contributed by atoms with E-state index in [4.69, 9.17) is 22.1 Å². The molecule has 0 heterocycles. The monoisotopic (exact) mass is 314 g/mol. The van der Waals surface area contributed by atoms with Crippen LogP contribution in [0.3, 0.4) is 0 Å². The molecule has 0 amide bonds. The predicted molar refractivity (Wildman–Crippen MR) is 74.1 cm³/mol. The Hall–Kier alpha value is 0.960. The van der Waals surface area contributed by atoms with Crippen LogP contribution >= 0.6 is 36.4 Å². The van der Waals surface area contributed by atoms with Crippen LogP contribution < -0.4 is 29.6 Å². The van der Waals surface area contributed by atoms with Gasteiger partial charge in [-0.15, -0.1) is 12.4 Å². The number of hydrogen-bond donors (Lipinski definition) is 1. The molecule has 0 aliphatic rings. The van der Waals surface area contributed by atoms with Crippen molar-refractivity contribution in [1.82, 2.24) is 0 Å². The molecule has 0 radical (unpaired) electrons. The summed E-state index contributed by atoms with van der Waals surface area (Å²) in [5.74, 6) is -0.894. The van der Waals surface area contributed by atoms with Crippen molar-refractivity contribution in [3.63, 3.8) is 0 Å². The van der Waals surface area contributed by atoms with Gasteiger partial charge in [0.15, 0.2) is 0 Å². The Bertz CT molecular complexity index is 203. The zero-order valence-corrected chi connectivity index (χ0v) is 15.6. The van der Waals surface area contributed by atoms with Gasteiger partial charge < -0.3 is 15.3 Å². The Balaban J connectivity index is -0.0000000907. The minimum absolute atomic E-state index is 0. The first kappa shape index (κ1) is 30.8. The molecule has 4 nitrogen and oxygen atoms in total. The van der Waals surface area contributed by atoms with E-state index in [1.807, 2.05) is 13.8 Å². The summed E-state index contributed by atoms with van der Waals surface area (Å²) in [4.78, 5) is 10.6. The van der Waals surface area contributed by atoms with E-state index in [-0.39, 0.29) is 51.8 Å². The van der Waals surface area contributed by atoms with Crippen LogP contribution in [-0.4, -0.2) is 32.3 Å². The first-order valence-electron chi connectivity index (χ1n) is 4.49. The first-order chi connectivity index (χ1) is 6.40. The predicted octanol–water partition coefficient (Wildman–Crippen LogP) is 0.179. The average molecular weight is 315 g/mol. The fourth-order valence-corrected chi connectivity index (χ4v) is 1.82. The molecule has 8 heteroatoms. The number of thioether (sulfide) groups is 1. The average Bonchev–Trinajstić information content (AvgIpc) is 2.07. The maximum atomic E-state index is 10.6. The molecule has 0 aliphatic carbocycles. The zero-order chi connectivity index (χ0) is 11.8. The summed E-state index contributed by atoms with van der Waals surface area (Å²) in [7, 11) is 0. The van der Waals surface area contributed by atoms with Crippen LogP contribution in [0.1, 0.15) is 34.6 Å². The molecule has 17 heavy (non-hydrogen) atoms. The summed E-state index contributed by atoms with van der Waals surface area (Å²) < 4.78 is 4.33. The molecule has 0 aromatic rings. The molecular formula is C9H20ClNaO4S2. The quantitative estimate of drug-likeness (QED) is 0.591. The fourth-order valence-electron chi connectivity index (χ4n) is 0.399. The minimum Gasteiger partial charge on any atom is -0.870 e. The molecule has 0 aromatic carbocycles. The normalized spacial score (nSPS) is 8.06. The van der Waals surface area contributed by atoms with Gasteiger partial charge in [-0.25, -0.2) is 0 Å². The van der Waals surface area contributed by atoms with Gasteiger partial charge in [0.25, 0.3) is 0 Å². The molecule has 2 N–H and O–H groups in total. The molecule has 0 saturated heterocycles. The Morgan fingerprint density at radius 2 is 1.76 bits per heavy atom. The van der Waals surface area contributed by atoms with E-state index in [2.05, 4.69) is 0 Å². The third-order valence-corrected chi connectivity index (χ3v) is 2.45. The third-order valence-electron chi connectivity index (χ3n) is 1.12. The number of carboxylic acids is 1. The Labute approximate surface area is 141 Å². The van der Waals surface area contributed by atoms with Gasteiger partial charge in [0.1, 0.15) is 4.75 Å². The van der Waals surface area contributed by atoms with Gasteiger partial charge in [0, 0.05) is 0 Å². The number of carbonyl (C=O) groups is 1. The maximum absolute atomic E-state index is 10.6. The van der Waals surface area contributed by atoms with Crippen LogP contribution in [0, 0.1) is 0 Å². The smallest absolute Gasteiger partial charge is 0.870 e. The van der Waals surface area contributed by atoms with Crippen molar-refractivity contribution in [3.8, 4) is 0 Å². The molecule has 0 aliphatic heterocycles.